The van der Waals surface area contributed by atoms with E-state index in [0.29, 0.717) is 23.9 Å². The van der Waals surface area contributed by atoms with Gasteiger partial charge in [-0.2, -0.15) is 0 Å². The third-order valence-corrected chi connectivity index (χ3v) is 17.6. The Labute approximate surface area is 522 Å². The molecule has 0 bridgehead atoms. The monoisotopic (exact) mass is 1210 g/mol. The second-order valence-corrected chi connectivity index (χ2v) is 27.8. The number of unbranched alkanes of at least 4 members (excludes halogenated alkanes) is 49. The van der Waals surface area contributed by atoms with E-state index in [0.717, 1.165) is 38.5 Å². The largest absolute Gasteiger partial charge is 0.472 e. The van der Waals surface area contributed by atoms with Crippen LogP contribution >= 0.6 is 7.82 Å². The van der Waals surface area contributed by atoms with Gasteiger partial charge in [-0.15, -0.1) is 0 Å². The molecule has 0 heterocycles. The van der Waals surface area contributed by atoms with Crippen LogP contribution < -0.4 is 0 Å². The second-order valence-electron chi connectivity index (χ2n) is 26.3. The van der Waals surface area contributed by atoms with Gasteiger partial charge in [-0.25, -0.2) is 4.57 Å². The summed E-state index contributed by atoms with van der Waals surface area (Å²) < 4.78 is 34.7. The highest BCUT2D eigenvalue weighted by Gasteiger charge is 2.27. The molecule has 0 aromatic heterocycles. The number of phosphoric acid groups is 1. The predicted molar refractivity (Wildman–Crippen MR) is 363 cm³/mol. The van der Waals surface area contributed by atoms with E-state index in [-0.39, 0.29) is 25.6 Å². The van der Waals surface area contributed by atoms with E-state index in [1.54, 1.807) is 0 Å². The number of carbonyl (C=O) groups is 2. The van der Waals surface area contributed by atoms with Crippen LogP contribution in [0, 0.1) is 0 Å². The third-order valence-electron chi connectivity index (χ3n) is 16.6. The lowest BCUT2D eigenvalue weighted by atomic mass is 10.0. The van der Waals surface area contributed by atoms with Crippen LogP contribution in [0.3, 0.4) is 0 Å². The Morgan fingerprint density at radius 3 is 0.952 bits per heavy atom. The molecule has 1 N–H and O–H groups in total. The van der Waals surface area contributed by atoms with E-state index < -0.39 is 26.5 Å². The van der Waals surface area contributed by atoms with Gasteiger partial charge in [0.15, 0.2) is 6.10 Å². The normalized spacial score (nSPS) is 13.3. The third kappa shape index (κ3) is 69.3. The predicted octanol–water partition coefficient (Wildman–Crippen LogP) is 23.8. The second kappa shape index (κ2) is 65.7. The minimum Gasteiger partial charge on any atom is -0.462 e. The van der Waals surface area contributed by atoms with Crippen LogP contribution in [0.5, 0.6) is 0 Å². The topological polar surface area (TPSA) is 108 Å². The van der Waals surface area contributed by atoms with E-state index in [4.69, 9.17) is 18.5 Å². The van der Waals surface area contributed by atoms with Gasteiger partial charge in [0.2, 0.25) is 0 Å². The minimum absolute atomic E-state index is 0.0343. The van der Waals surface area contributed by atoms with Crippen molar-refractivity contribution in [3.63, 3.8) is 0 Å². The summed E-state index contributed by atoms with van der Waals surface area (Å²) in [7, 11) is 1.50. The molecule has 0 amide bonds. The van der Waals surface area contributed by atoms with Crippen LogP contribution in [-0.2, 0) is 32.7 Å². The zero-order valence-corrected chi connectivity index (χ0v) is 57.6. The molecule has 10 heteroatoms. The Hall–Kier alpha value is -1.77. The van der Waals surface area contributed by atoms with Gasteiger partial charge >= 0.3 is 19.8 Å². The quantitative estimate of drug-likeness (QED) is 0.0211. The van der Waals surface area contributed by atoms with Crippen molar-refractivity contribution in [3.05, 3.63) is 36.5 Å². The van der Waals surface area contributed by atoms with Crippen molar-refractivity contribution in [2.75, 3.05) is 47.5 Å². The highest BCUT2D eigenvalue weighted by atomic mass is 31.2. The van der Waals surface area contributed by atoms with Gasteiger partial charge < -0.3 is 18.9 Å². The van der Waals surface area contributed by atoms with E-state index in [9.17, 15) is 19.0 Å². The molecule has 0 aromatic carbocycles. The smallest absolute Gasteiger partial charge is 0.462 e. The van der Waals surface area contributed by atoms with Gasteiger partial charge in [0.25, 0.3) is 0 Å². The van der Waals surface area contributed by atoms with Gasteiger partial charge in [-0.3, -0.25) is 18.6 Å². The van der Waals surface area contributed by atoms with Gasteiger partial charge in [-0.1, -0.05) is 326 Å². The molecular formula is C74H143NO8P+. The highest BCUT2D eigenvalue weighted by molar-refractivity contribution is 7.47. The molecule has 0 fully saturated rings. The molecule has 2 atom stereocenters. The van der Waals surface area contributed by atoms with Crippen LogP contribution in [0.1, 0.15) is 373 Å². The van der Waals surface area contributed by atoms with E-state index in [1.807, 2.05) is 21.1 Å². The molecule has 0 rings (SSSR count). The molecule has 84 heavy (non-hydrogen) atoms. The number of allylic oxidation sites excluding steroid dienone is 6. The number of carbonyl (C=O) groups excluding carboxylic acids is 2. The van der Waals surface area contributed by atoms with Crippen molar-refractivity contribution in [1.29, 1.82) is 0 Å². The molecule has 0 aliphatic carbocycles. The van der Waals surface area contributed by atoms with Crippen molar-refractivity contribution in [2.24, 2.45) is 0 Å². The Bertz CT molecular complexity index is 1510. The SMILES string of the molecule is CCCCCCC/C=C\C/C=C\CCCCCCCCCCCCCCCCCCCCCCCCCCCCCC(=O)OC(COC(=O)CCCCCCCCCCC/C=C\CCCCCCCCCC)COP(=O)(O)OCC[N+](C)(C)C. The summed E-state index contributed by atoms with van der Waals surface area (Å²) in [5, 5.41) is 0. The average molecular weight is 1210 g/mol. The molecule has 0 saturated heterocycles. The number of hydrogen-bond acceptors (Lipinski definition) is 7. The van der Waals surface area contributed by atoms with E-state index in [1.165, 1.54) is 302 Å². The van der Waals surface area contributed by atoms with Gasteiger partial charge in [-0.05, 0) is 70.6 Å². The molecule has 0 aromatic rings. The van der Waals surface area contributed by atoms with Crippen molar-refractivity contribution in [3.8, 4) is 0 Å². The number of nitrogens with zero attached hydrogens (tertiary/aromatic N) is 1. The van der Waals surface area contributed by atoms with Crippen molar-refractivity contribution >= 4 is 19.8 Å². The number of ether oxygens (including phenoxy) is 2. The highest BCUT2D eigenvalue weighted by Crippen LogP contribution is 2.43. The van der Waals surface area contributed by atoms with Gasteiger partial charge in [0.1, 0.15) is 19.8 Å². The lowest BCUT2D eigenvalue weighted by Crippen LogP contribution is -2.37. The van der Waals surface area contributed by atoms with Crippen molar-refractivity contribution in [2.45, 2.75) is 380 Å². The van der Waals surface area contributed by atoms with Crippen LogP contribution in [0.4, 0.5) is 0 Å². The minimum atomic E-state index is -4.39. The summed E-state index contributed by atoms with van der Waals surface area (Å²) in [5.41, 5.74) is 0. The van der Waals surface area contributed by atoms with E-state index in [2.05, 4.69) is 50.3 Å². The van der Waals surface area contributed by atoms with Crippen LogP contribution in [0.15, 0.2) is 36.5 Å². The summed E-state index contributed by atoms with van der Waals surface area (Å²) in [4.78, 5) is 35.9. The maximum atomic E-state index is 12.9. The molecule has 0 saturated carbocycles. The van der Waals surface area contributed by atoms with Crippen LogP contribution in [0.25, 0.3) is 0 Å². The average Bonchev–Trinajstić information content (AvgIpc) is 3.61. The summed E-state index contributed by atoms with van der Waals surface area (Å²) in [6, 6.07) is 0. The molecule has 0 radical (unpaired) electrons. The Morgan fingerprint density at radius 1 is 0.369 bits per heavy atom. The summed E-state index contributed by atoms with van der Waals surface area (Å²) in [5.74, 6) is -0.779. The molecule has 496 valence electrons. The molecule has 2 unspecified atom stereocenters. The number of likely N-dealkylation sites (N-methyl/N-ethyl adjacent to an activating group) is 1. The lowest BCUT2D eigenvalue weighted by molar-refractivity contribution is -0.870. The number of phosphoric ester groups is 1. The fourth-order valence-corrected chi connectivity index (χ4v) is 11.7. The Balaban J connectivity index is 3.90. The number of esters is 2. The molecule has 0 aliphatic rings. The number of quaternary nitrogens is 1. The zero-order chi connectivity index (χ0) is 61.2. The maximum absolute atomic E-state index is 12.9. The van der Waals surface area contributed by atoms with E-state index >= 15 is 0 Å². The lowest BCUT2D eigenvalue weighted by Gasteiger charge is -2.24. The first-order chi connectivity index (χ1) is 41.0. The first kappa shape index (κ1) is 82.2. The maximum Gasteiger partial charge on any atom is 0.472 e. The first-order valence-electron chi connectivity index (χ1n) is 36.7. The molecule has 9 nitrogen and oxygen atoms in total. The number of rotatable bonds is 69. The van der Waals surface area contributed by atoms with Crippen LogP contribution in [0.2, 0.25) is 0 Å². The molecular weight excluding hydrogens is 1060 g/mol. The summed E-state index contributed by atoms with van der Waals surface area (Å²) >= 11 is 0. The zero-order valence-electron chi connectivity index (χ0n) is 56.7. The van der Waals surface area contributed by atoms with Crippen molar-refractivity contribution in [1.82, 2.24) is 0 Å². The van der Waals surface area contributed by atoms with Crippen molar-refractivity contribution < 1.29 is 42.1 Å². The Kier molecular flexibility index (Phi) is 64.3. The van der Waals surface area contributed by atoms with Gasteiger partial charge in [0.05, 0.1) is 27.7 Å². The number of hydrogen-bond donors (Lipinski definition) is 1. The van der Waals surface area contributed by atoms with Gasteiger partial charge in [0, 0.05) is 12.8 Å². The summed E-state index contributed by atoms with van der Waals surface area (Å²) in [6.45, 7) is 4.49. The fraction of sp³-hybridized carbons (Fsp3) is 0.892. The van der Waals surface area contributed by atoms with Crippen LogP contribution in [-0.4, -0.2) is 74.9 Å². The molecule has 0 aliphatic heterocycles. The first-order valence-corrected chi connectivity index (χ1v) is 38.2. The molecule has 0 spiro atoms. The fourth-order valence-electron chi connectivity index (χ4n) is 11.0. The standard InChI is InChI=1S/C74H142NO8P/c1-6-8-10-12-14-16-18-20-22-24-26-28-29-30-31-32-33-34-35-36-37-38-39-40-41-42-43-44-45-47-49-51-53-55-57-59-61-63-65-67-74(77)83-72(71-82-84(78,79)81-69-68-75(3,4)5)70-80-73(76)66-64-62-60-58-56-54-52-50-48-46-27-25-23-21-19-17-15-13-11-9-7-2/h18,20,24-27,72H,6-17,19,21-23,28-71H2,1-5H3/p+1/b20-18-,26-24-,27-25-. The summed E-state index contributed by atoms with van der Waals surface area (Å²) in [6.07, 6.45) is 84.2. The Morgan fingerprint density at radius 2 is 0.643 bits per heavy atom.